The number of aliphatic hydroxyl groups is 1. The predicted molar refractivity (Wildman–Crippen MR) is 67.4 cm³/mol. The molecule has 88 valence electrons. The van der Waals surface area contributed by atoms with Crippen LogP contribution in [0.4, 0.5) is 0 Å². The van der Waals surface area contributed by atoms with Gasteiger partial charge < -0.3 is 5.11 Å². The Morgan fingerprint density at radius 1 is 1.12 bits per heavy atom. The van der Waals surface area contributed by atoms with Gasteiger partial charge in [-0.15, -0.1) is 0 Å². The molecule has 0 saturated heterocycles. The van der Waals surface area contributed by atoms with Crippen LogP contribution in [0.25, 0.3) is 0 Å². The second-order valence-corrected chi connectivity index (χ2v) is 5.00. The fourth-order valence-electron chi connectivity index (χ4n) is 2.87. The van der Waals surface area contributed by atoms with Crippen LogP contribution in [-0.4, -0.2) is 5.11 Å². The molecule has 1 nitrogen and oxygen atoms in total. The van der Waals surface area contributed by atoms with Crippen LogP contribution >= 0.6 is 0 Å². The van der Waals surface area contributed by atoms with E-state index in [2.05, 4.69) is 31.2 Å². The van der Waals surface area contributed by atoms with E-state index in [9.17, 15) is 5.11 Å². The maximum Gasteiger partial charge on any atom is 0.0899 e. The van der Waals surface area contributed by atoms with Crippen molar-refractivity contribution in [2.45, 2.75) is 57.5 Å². The summed E-state index contributed by atoms with van der Waals surface area (Å²) in [5, 5.41) is 10.8. The van der Waals surface area contributed by atoms with Gasteiger partial charge >= 0.3 is 0 Å². The second kappa shape index (κ2) is 5.01. The quantitative estimate of drug-likeness (QED) is 0.818. The molecule has 1 aromatic rings. The summed E-state index contributed by atoms with van der Waals surface area (Å²) in [7, 11) is 0. The molecule has 2 rings (SSSR count). The molecular formula is C15H22O. The Bertz CT molecular complexity index is 337. The summed E-state index contributed by atoms with van der Waals surface area (Å²) in [6.07, 6.45) is 7.71. The van der Waals surface area contributed by atoms with Crippen molar-refractivity contribution in [1.82, 2.24) is 0 Å². The average molecular weight is 218 g/mol. The highest BCUT2D eigenvalue weighted by Crippen LogP contribution is 2.38. The maximum atomic E-state index is 10.8. The number of aryl methyl sites for hydroxylation is 1. The monoisotopic (exact) mass is 218 g/mol. The topological polar surface area (TPSA) is 20.2 Å². The molecule has 0 bridgehead atoms. The van der Waals surface area contributed by atoms with Crippen LogP contribution in [0.2, 0.25) is 0 Å². The first-order valence-electron chi connectivity index (χ1n) is 6.57. The third-order valence-electron chi connectivity index (χ3n) is 3.72. The lowest BCUT2D eigenvalue weighted by atomic mass is 9.77. The first-order chi connectivity index (χ1) is 7.76. The van der Waals surface area contributed by atoms with Crippen LogP contribution in [0.15, 0.2) is 24.3 Å². The van der Waals surface area contributed by atoms with Gasteiger partial charge in [-0.3, -0.25) is 0 Å². The molecule has 0 aliphatic heterocycles. The highest BCUT2D eigenvalue weighted by atomic mass is 16.3. The average Bonchev–Trinajstić information content (AvgIpc) is 2.31. The smallest absolute Gasteiger partial charge is 0.0899 e. The normalized spacial score (nSPS) is 19.6. The summed E-state index contributed by atoms with van der Waals surface area (Å²) in [6, 6.07) is 8.43. The molecule has 0 unspecified atom stereocenters. The van der Waals surface area contributed by atoms with Crippen molar-refractivity contribution in [3.63, 3.8) is 0 Å². The van der Waals surface area contributed by atoms with Gasteiger partial charge in [0.15, 0.2) is 0 Å². The molecule has 1 aliphatic rings. The van der Waals surface area contributed by atoms with Crippen LogP contribution < -0.4 is 0 Å². The van der Waals surface area contributed by atoms with Crippen molar-refractivity contribution < 1.29 is 5.11 Å². The maximum absolute atomic E-state index is 10.8. The van der Waals surface area contributed by atoms with E-state index in [1.54, 1.807) is 0 Å². The molecule has 1 saturated carbocycles. The molecule has 0 atom stereocenters. The van der Waals surface area contributed by atoms with E-state index >= 15 is 0 Å². The van der Waals surface area contributed by atoms with E-state index in [4.69, 9.17) is 0 Å². The molecule has 16 heavy (non-hydrogen) atoms. The van der Waals surface area contributed by atoms with Gasteiger partial charge in [0.1, 0.15) is 0 Å². The molecule has 1 aromatic carbocycles. The second-order valence-electron chi connectivity index (χ2n) is 5.00. The van der Waals surface area contributed by atoms with Gasteiger partial charge in [-0.1, -0.05) is 56.9 Å². The molecule has 1 aliphatic carbocycles. The summed E-state index contributed by atoms with van der Waals surface area (Å²) in [4.78, 5) is 0. The minimum Gasteiger partial charge on any atom is -0.385 e. The summed E-state index contributed by atoms with van der Waals surface area (Å²) < 4.78 is 0. The molecule has 0 heterocycles. The fourth-order valence-corrected chi connectivity index (χ4v) is 2.87. The van der Waals surface area contributed by atoms with Crippen LogP contribution in [0.3, 0.4) is 0 Å². The zero-order valence-corrected chi connectivity index (χ0v) is 10.2. The molecule has 1 fully saturated rings. The third-order valence-corrected chi connectivity index (χ3v) is 3.72. The Kier molecular flexibility index (Phi) is 3.65. The van der Waals surface area contributed by atoms with E-state index in [1.165, 1.54) is 17.5 Å². The standard InChI is InChI=1S/C15H22O/c1-2-8-13-9-4-5-10-14(13)15(16)11-6-3-7-12-15/h4-5,9-10,16H,2-3,6-8,11-12H2,1H3. The van der Waals surface area contributed by atoms with E-state index in [1.807, 2.05) is 0 Å². The zero-order chi connectivity index (χ0) is 11.4. The zero-order valence-electron chi connectivity index (χ0n) is 10.2. The Hall–Kier alpha value is -0.820. The Morgan fingerprint density at radius 3 is 2.50 bits per heavy atom. The van der Waals surface area contributed by atoms with E-state index < -0.39 is 5.60 Å². The van der Waals surface area contributed by atoms with Crippen molar-refractivity contribution in [3.05, 3.63) is 35.4 Å². The Labute approximate surface area is 98.5 Å². The first-order valence-corrected chi connectivity index (χ1v) is 6.57. The largest absolute Gasteiger partial charge is 0.385 e. The van der Waals surface area contributed by atoms with Gasteiger partial charge in [0.2, 0.25) is 0 Å². The van der Waals surface area contributed by atoms with Crippen LogP contribution in [-0.2, 0) is 12.0 Å². The fraction of sp³-hybridized carbons (Fsp3) is 0.600. The number of hydrogen-bond acceptors (Lipinski definition) is 1. The summed E-state index contributed by atoms with van der Waals surface area (Å²) >= 11 is 0. The van der Waals surface area contributed by atoms with Crippen molar-refractivity contribution in [2.24, 2.45) is 0 Å². The van der Waals surface area contributed by atoms with Crippen molar-refractivity contribution in [1.29, 1.82) is 0 Å². The Morgan fingerprint density at radius 2 is 1.81 bits per heavy atom. The van der Waals surface area contributed by atoms with Gasteiger partial charge in [-0.05, 0) is 30.4 Å². The van der Waals surface area contributed by atoms with Gasteiger partial charge in [0.05, 0.1) is 5.60 Å². The lowest BCUT2D eigenvalue weighted by molar-refractivity contribution is -0.00141. The van der Waals surface area contributed by atoms with Crippen molar-refractivity contribution in [2.75, 3.05) is 0 Å². The highest BCUT2D eigenvalue weighted by molar-refractivity contribution is 5.32. The Balaban J connectivity index is 2.30. The molecular weight excluding hydrogens is 196 g/mol. The number of hydrogen-bond donors (Lipinski definition) is 1. The number of rotatable bonds is 3. The summed E-state index contributed by atoms with van der Waals surface area (Å²) in [5.74, 6) is 0. The molecule has 1 heteroatoms. The minimum absolute atomic E-state index is 0.538. The van der Waals surface area contributed by atoms with Crippen molar-refractivity contribution in [3.8, 4) is 0 Å². The molecule has 1 N–H and O–H groups in total. The van der Waals surface area contributed by atoms with Gasteiger partial charge in [-0.25, -0.2) is 0 Å². The molecule has 0 spiro atoms. The van der Waals surface area contributed by atoms with E-state index in [-0.39, 0.29) is 0 Å². The van der Waals surface area contributed by atoms with Gasteiger partial charge in [-0.2, -0.15) is 0 Å². The van der Waals surface area contributed by atoms with Crippen LogP contribution in [0.1, 0.15) is 56.6 Å². The molecule has 0 aromatic heterocycles. The van der Waals surface area contributed by atoms with Gasteiger partial charge in [0.25, 0.3) is 0 Å². The highest BCUT2D eigenvalue weighted by Gasteiger charge is 2.32. The minimum atomic E-state index is -0.538. The van der Waals surface area contributed by atoms with Gasteiger partial charge in [0, 0.05) is 0 Å². The lowest BCUT2D eigenvalue weighted by Gasteiger charge is -2.34. The molecule has 0 radical (unpaired) electrons. The third kappa shape index (κ3) is 2.30. The lowest BCUT2D eigenvalue weighted by Crippen LogP contribution is -2.29. The first kappa shape index (κ1) is 11.7. The van der Waals surface area contributed by atoms with Crippen LogP contribution in [0, 0.1) is 0 Å². The molecule has 0 amide bonds. The van der Waals surface area contributed by atoms with E-state index in [0.29, 0.717) is 0 Å². The van der Waals surface area contributed by atoms with E-state index in [0.717, 1.165) is 38.5 Å². The predicted octanol–water partition coefficient (Wildman–Crippen LogP) is 3.79. The number of benzene rings is 1. The van der Waals surface area contributed by atoms with Crippen molar-refractivity contribution >= 4 is 0 Å². The van der Waals surface area contributed by atoms with Crippen LogP contribution in [0.5, 0.6) is 0 Å². The summed E-state index contributed by atoms with van der Waals surface area (Å²) in [6.45, 7) is 2.20. The summed E-state index contributed by atoms with van der Waals surface area (Å²) in [5.41, 5.74) is 2.00. The SMILES string of the molecule is CCCc1ccccc1C1(O)CCCCC1.